The molecule has 0 aliphatic heterocycles. The minimum atomic E-state index is 0.152. The average molecular weight is 247 g/mol. The molecule has 1 N–H and O–H groups in total. The predicted octanol–water partition coefficient (Wildman–Crippen LogP) is 2.85. The van der Waals surface area contributed by atoms with Gasteiger partial charge in [-0.2, -0.15) is 8.75 Å². The molecule has 90 valence electrons. The Kier molecular flexibility index (Phi) is 3.86. The highest BCUT2D eigenvalue weighted by molar-refractivity contribution is 6.99. The number of rotatable bonds is 4. The van der Waals surface area contributed by atoms with Crippen molar-refractivity contribution in [1.82, 2.24) is 14.1 Å². The van der Waals surface area contributed by atoms with Crippen LogP contribution < -0.4 is 5.32 Å². The smallest absolute Gasteiger partial charge is 0.0957 e. The third-order valence-electron chi connectivity index (χ3n) is 2.82. The van der Waals surface area contributed by atoms with E-state index in [1.54, 1.807) is 0 Å². The molecule has 0 aliphatic carbocycles. The quantitative estimate of drug-likeness (QED) is 0.902. The van der Waals surface area contributed by atoms with Crippen LogP contribution in [-0.4, -0.2) is 15.3 Å². The van der Waals surface area contributed by atoms with Gasteiger partial charge in [0, 0.05) is 0 Å². The number of nitrogens with zero attached hydrogens (tertiary/aromatic N) is 2. The standard InChI is InChI=1S/C13H17N3S/c1-4-14-13(12-8-15-17-16-12)11-6-5-9(2)7-10(11)3/h5-8,13-14H,4H2,1-3H3. The summed E-state index contributed by atoms with van der Waals surface area (Å²) in [7, 11) is 0. The Balaban J connectivity index is 2.39. The maximum atomic E-state index is 4.34. The van der Waals surface area contributed by atoms with E-state index in [-0.39, 0.29) is 6.04 Å². The summed E-state index contributed by atoms with van der Waals surface area (Å²) in [5.74, 6) is 0. The van der Waals surface area contributed by atoms with E-state index in [0.29, 0.717) is 0 Å². The van der Waals surface area contributed by atoms with Crippen molar-refractivity contribution in [3.05, 3.63) is 46.8 Å². The van der Waals surface area contributed by atoms with Crippen LogP contribution in [0.25, 0.3) is 0 Å². The second-order valence-electron chi connectivity index (χ2n) is 4.18. The number of benzene rings is 1. The van der Waals surface area contributed by atoms with E-state index in [4.69, 9.17) is 0 Å². The maximum Gasteiger partial charge on any atom is 0.0957 e. The molecule has 1 unspecified atom stereocenters. The number of aryl methyl sites for hydroxylation is 2. The topological polar surface area (TPSA) is 37.8 Å². The third-order valence-corrected chi connectivity index (χ3v) is 3.31. The van der Waals surface area contributed by atoms with Gasteiger partial charge in [0.05, 0.1) is 29.7 Å². The highest BCUT2D eigenvalue weighted by Gasteiger charge is 2.17. The first-order valence-electron chi connectivity index (χ1n) is 5.80. The van der Waals surface area contributed by atoms with Gasteiger partial charge in [0.15, 0.2) is 0 Å². The molecular formula is C13H17N3S. The molecule has 1 aromatic carbocycles. The van der Waals surface area contributed by atoms with Crippen molar-refractivity contribution in [2.24, 2.45) is 0 Å². The molecule has 3 nitrogen and oxygen atoms in total. The summed E-state index contributed by atoms with van der Waals surface area (Å²) in [6.07, 6.45) is 1.84. The molecule has 17 heavy (non-hydrogen) atoms. The molecule has 0 saturated carbocycles. The monoisotopic (exact) mass is 247 g/mol. The summed E-state index contributed by atoms with van der Waals surface area (Å²) < 4.78 is 8.43. The fraction of sp³-hybridized carbons (Fsp3) is 0.385. The summed E-state index contributed by atoms with van der Waals surface area (Å²) in [6.45, 7) is 7.28. The fourth-order valence-corrected chi connectivity index (χ4v) is 2.48. The number of hydrogen-bond acceptors (Lipinski definition) is 4. The average Bonchev–Trinajstić information content (AvgIpc) is 2.80. The zero-order chi connectivity index (χ0) is 12.3. The first-order chi connectivity index (χ1) is 8.22. The summed E-state index contributed by atoms with van der Waals surface area (Å²) in [4.78, 5) is 0. The van der Waals surface area contributed by atoms with Crippen LogP contribution in [0.5, 0.6) is 0 Å². The summed E-state index contributed by atoms with van der Waals surface area (Å²) >= 11 is 1.26. The van der Waals surface area contributed by atoms with Crippen LogP contribution >= 0.6 is 11.7 Å². The van der Waals surface area contributed by atoms with Gasteiger partial charge in [-0.3, -0.25) is 0 Å². The highest BCUT2D eigenvalue weighted by atomic mass is 32.1. The molecule has 0 fully saturated rings. The Morgan fingerprint density at radius 2 is 2.18 bits per heavy atom. The van der Waals surface area contributed by atoms with Gasteiger partial charge in [0.2, 0.25) is 0 Å². The van der Waals surface area contributed by atoms with Gasteiger partial charge in [0.1, 0.15) is 0 Å². The first-order valence-corrected chi connectivity index (χ1v) is 6.53. The third kappa shape index (κ3) is 2.70. The van der Waals surface area contributed by atoms with Gasteiger partial charge in [-0.25, -0.2) is 0 Å². The molecule has 0 aliphatic rings. The lowest BCUT2D eigenvalue weighted by molar-refractivity contribution is 0.617. The van der Waals surface area contributed by atoms with Gasteiger partial charge in [-0.05, 0) is 31.5 Å². The van der Waals surface area contributed by atoms with Gasteiger partial charge in [0.25, 0.3) is 0 Å². The minimum absolute atomic E-state index is 0.152. The van der Waals surface area contributed by atoms with Crippen molar-refractivity contribution in [2.75, 3.05) is 6.54 Å². The van der Waals surface area contributed by atoms with Crippen molar-refractivity contribution in [3.8, 4) is 0 Å². The molecule has 0 radical (unpaired) electrons. The van der Waals surface area contributed by atoms with Crippen LogP contribution in [0.4, 0.5) is 0 Å². The fourth-order valence-electron chi connectivity index (χ4n) is 2.03. The Morgan fingerprint density at radius 1 is 1.35 bits per heavy atom. The number of aromatic nitrogens is 2. The lowest BCUT2D eigenvalue weighted by Crippen LogP contribution is -2.23. The van der Waals surface area contributed by atoms with E-state index in [2.05, 4.69) is 53.0 Å². The van der Waals surface area contributed by atoms with Gasteiger partial charge < -0.3 is 5.32 Å². The van der Waals surface area contributed by atoms with Crippen LogP contribution in [0.15, 0.2) is 24.4 Å². The van der Waals surface area contributed by atoms with Crippen LogP contribution in [0.3, 0.4) is 0 Å². The van der Waals surface area contributed by atoms with E-state index < -0.39 is 0 Å². The van der Waals surface area contributed by atoms with Crippen molar-refractivity contribution in [3.63, 3.8) is 0 Å². The Morgan fingerprint density at radius 3 is 2.76 bits per heavy atom. The SMILES string of the molecule is CCNC(c1cnsn1)c1ccc(C)cc1C. The molecule has 2 rings (SSSR count). The maximum absolute atomic E-state index is 4.34. The molecule has 2 aromatic rings. The van der Waals surface area contributed by atoms with Crippen molar-refractivity contribution in [2.45, 2.75) is 26.8 Å². The number of nitrogens with one attached hydrogen (secondary N) is 1. The molecule has 0 spiro atoms. The zero-order valence-corrected chi connectivity index (χ0v) is 11.2. The van der Waals surface area contributed by atoms with Crippen LogP contribution in [0.1, 0.15) is 35.3 Å². The molecule has 1 aromatic heterocycles. The molecule has 0 bridgehead atoms. The zero-order valence-electron chi connectivity index (χ0n) is 10.4. The molecule has 1 atom stereocenters. The molecule has 0 saturated heterocycles. The molecule has 4 heteroatoms. The van der Waals surface area contributed by atoms with Crippen LogP contribution in [0.2, 0.25) is 0 Å². The lowest BCUT2D eigenvalue weighted by atomic mass is 9.97. The van der Waals surface area contributed by atoms with Crippen molar-refractivity contribution < 1.29 is 0 Å². The normalized spacial score (nSPS) is 12.6. The number of hydrogen-bond donors (Lipinski definition) is 1. The minimum Gasteiger partial charge on any atom is -0.305 e. The van der Waals surface area contributed by atoms with Crippen LogP contribution in [-0.2, 0) is 0 Å². The van der Waals surface area contributed by atoms with E-state index in [1.807, 2.05) is 6.20 Å². The Hall–Kier alpha value is -1.26. The van der Waals surface area contributed by atoms with Crippen molar-refractivity contribution in [1.29, 1.82) is 0 Å². The second kappa shape index (κ2) is 5.38. The summed E-state index contributed by atoms with van der Waals surface area (Å²) in [5, 5.41) is 3.47. The highest BCUT2D eigenvalue weighted by Crippen LogP contribution is 2.24. The largest absolute Gasteiger partial charge is 0.305 e. The Labute approximate surface area is 106 Å². The molecule has 0 amide bonds. The molecular weight excluding hydrogens is 230 g/mol. The van der Waals surface area contributed by atoms with Gasteiger partial charge in [-0.15, -0.1) is 0 Å². The second-order valence-corrected chi connectivity index (χ2v) is 4.74. The van der Waals surface area contributed by atoms with Gasteiger partial charge in [-0.1, -0.05) is 30.7 Å². The summed E-state index contributed by atoms with van der Waals surface area (Å²) in [6, 6.07) is 6.68. The predicted molar refractivity (Wildman–Crippen MR) is 71.3 cm³/mol. The Bertz CT molecular complexity index is 479. The van der Waals surface area contributed by atoms with E-state index >= 15 is 0 Å². The van der Waals surface area contributed by atoms with Crippen LogP contribution in [0, 0.1) is 13.8 Å². The first kappa shape index (κ1) is 12.2. The van der Waals surface area contributed by atoms with Gasteiger partial charge >= 0.3 is 0 Å². The molecule has 1 heterocycles. The van der Waals surface area contributed by atoms with Crippen molar-refractivity contribution >= 4 is 11.7 Å². The lowest BCUT2D eigenvalue weighted by Gasteiger charge is -2.18. The van der Waals surface area contributed by atoms with E-state index in [9.17, 15) is 0 Å². The van der Waals surface area contributed by atoms with E-state index in [0.717, 1.165) is 12.2 Å². The van der Waals surface area contributed by atoms with E-state index in [1.165, 1.54) is 28.4 Å². The summed E-state index contributed by atoms with van der Waals surface area (Å²) in [5.41, 5.74) is 4.87.